The van der Waals surface area contributed by atoms with Crippen LogP contribution >= 0.6 is 0 Å². The van der Waals surface area contributed by atoms with E-state index >= 15 is 0 Å². The Morgan fingerprint density at radius 2 is 1.61 bits per heavy atom. The Bertz CT molecular complexity index is 793. The molecule has 0 radical (unpaired) electrons. The number of hydrogen-bond acceptors (Lipinski definition) is 4. The summed E-state index contributed by atoms with van der Waals surface area (Å²) >= 11 is 0. The van der Waals surface area contributed by atoms with Crippen LogP contribution in [0, 0.1) is 0 Å². The second-order valence-electron chi connectivity index (χ2n) is 5.04. The number of phenolic OH excluding ortho intramolecular Hbond substituents is 2. The van der Waals surface area contributed by atoms with Gasteiger partial charge in [0.05, 0.1) is 5.56 Å². The maximum Gasteiger partial charge on any atom is 0.442 e. The van der Waals surface area contributed by atoms with Gasteiger partial charge in [-0.3, -0.25) is 0 Å². The first-order valence-electron chi connectivity index (χ1n) is 6.64. The number of halogens is 3. The molecular weight excluding hydrogens is 309 g/mol. The lowest BCUT2D eigenvalue weighted by molar-refractivity contribution is -0.166. The zero-order valence-corrected chi connectivity index (χ0v) is 11.6. The number of alkyl halides is 3. The summed E-state index contributed by atoms with van der Waals surface area (Å²) < 4.78 is 39.7. The molecule has 0 saturated carbocycles. The molecule has 1 aliphatic rings. The van der Waals surface area contributed by atoms with Gasteiger partial charge in [-0.15, -0.1) is 10.2 Å². The molecule has 23 heavy (non-hydrogen) atoms. The minimum Gasteiger partial charge on any atom is -0.508 e. The molecule has 0 bridgehead atoms. The maximum atomic E-state index is 13.2. The molecule has 0 saturated heterocycles. The van der Waals surface area contributed by atoms with E-state index in [4.69, 9.17) is 0 Å². The van der Waals surface area contributed by atoms with Crippen LogP contribution in [0.1, 0.15) is 16.7 Å². The Labute approximate surface area is 129 Å². The molecule has 118 valence electrons. The highest BCUT2D eigenvalue weighted by Crippen LogP contribution is 2.56. The number of benzene rings is 2. The van der Waals surface area contributed by atoms with Gasteiger partial charge in [-0.2, -0.15) is 13.2 Å². The Balaban J connectivity index is 2.09. The van der Waals surface area contributed by atoms with Crippen molar-refractivity contribution in [1.82, 2.24) is 0 Å². The minimum atomic E-state index is -4.77. The molecule has 4 nitrogen and oxygen atoms in total. The fourth-order valence-corrected chi connectivity index (χ4v) is 2.30. The zero-order chi connectivity index (χ0) is 16.7. The average molecular weight is 320 g/mol. The Morgan fingerprint density at radius 3 is 2.17 bits per heavy atom. The highest BCUT2D eigenvalue weighted by Gasteiger charge is 2.67. The van der Waals surface area contributed by atoms with Crippen molar-refractivity contribution in [2.45, 2.75) is 11.8 Å². The smallest absolute Gasteiger partial charge is 0.442 e. The molecule has 0 fully saturated rings. The van der Waals surface area contributed by atoms with Gasteiger partial charge in [0.15, 0.2) is 0 Å². The summed E-state index contributed by atoms with van der Waals surface area (Å²) in [6, 6.07) is 10.9. The van der Waals surface area contributed by atoms with E-state index in [1.54, 1.807) is 30.3 Å². The van der Waals surface area contributed by atoms with E-state index in [0.717, 1.165) is 17.7 Å². The predicted octanol–water partition coefficient (Wildman–Crippen LogP) is 4.45. The molecule has 3 rings (SSSR count). The van der Waals surface area contributed by atoms with Gasteiger partial charge in [0.25, 0.3) is 0 Å². The normalized spacial score (nSPS) is 16.0. The fourth-order valence-electron chi connectivity index (χ4n) is 2.30. The van der Waals surface area contributed by atoms with Crippen LogP contribution in [0.25, 0.3) is 12.2 Å². The van der Waals surface area contributed by atoms with Gasteiger partial charge < -0.3 is 10.2 Å². The number of rotatable bonds is 3. The first-order valence-corrected chi connectivity index (χ1v) is 6.64. The van der Waals surface area contributed by atoms with Crippen LogP contribution in [-0.4, -0.2) is 16.4 Å². The fraction of sp³-hybridized carbons (Fsp3) is 0.125. The summed E-state index contributed by atoms with van der Waals surface area (Å²) in [6.45, 7) is 0. The molecule has 0 atom stereocenters. The van der Waals surface area contributed by atoms with Crippen LogP contribution in [0.4, 0.5) is 13.2 Å². The van der Waals surface area contributed by atoms with Crippen molar-refractivity contribution >= 4 is 12.2 Å². The molecule has 2 aromatic carbocycles. The van der Waals surface area contributed by atoms with Gasteiger partial charge in [0.1, 0.15) is 11.5 Å². The van der Waals surface area contributed by atoms with Crippen LogP contribution < -0.4 is 0 Å². The van der Waals surface area contributed by atoms with Crippen LogP contribution in [-0.2, 0) is 5.66 Å². The van der Waals surface area contributed by atoms with Crippen molar-refractivity contribution in [2.24, 2.45) is 10.2 Å². The summed E-state index contributed by atoms with van der Waals surface area (Å²) in [5.41, 5.74) is -2.50. The Morgan fingerprint density at radius 1 is 0.957 bits per heavy atom. The highest BCUT2D eigenvalue weighted by molar-refractivity contribution is 5.74. The predicted molar refractivity (Wildman–Crippen MR) is 77.7 cm³/mol. The summed E-state index contributed by atoms with van der Waals surface area (Å²) in [6.07, 6.45) is -1.82. The van der Waals surface area contributed by atoms with Gasteiger partial charge in [0, 0.05) is 6.07 Å². The number of phenols is 2. The first kappa shape index (κ1) is 15.1. The molecule has 1 aliphatic heterocycles. The SMILES string of the molecule is Oc1cc(O)c(C2(C(F)(F)F)N=N2)c(/C=C/c2ccccc2)c1. The van der Waals surface area contributed by atoms with Crippen LogP contribution in [0.5, 0.6) is 11.5 Å². The Kier molecular flexibility index (Phi) is 3.35. The first-order chi connectivity index (χ1) is 10.8. The zero-order valence-electron chi connectivity index (χ0n) is 11.6. The number of aromatic hydroxyl groups is 2. The van der Waals surface area contributed by atoms with E-state index in [-0.39, 0.29) is 11.3 Å². The molecule has 2 N–H and O–H groups in total. The second-order valence-corrected chi connectivity index (χ2v) is 5.04. The van der Waals surface area contributed by atoms with Gasteiger partial charge in [-0.25, -0.2) is 0 Å². The average Bonchev–Trinajstić information content (AvgIpc) is 3.26. The van der Waals surface area contributed by atoms with Crippen molar-refractivity contribution in [3.8, 4) is 11.5 Å². The second kappa shape index (κ2) is 5.12. The van der Waals surface area contributed by atoms with E-state index in [1.807, 2.05) is 6.07 Å². The third-order valence-corrected chi connectivity index (χ3v) is 3.43. The summed E-state index contributed by atoms with van der Waals surface area (Å²) in [5, 5.41) is 25.7. The summed E-state index contributed by atoms with van der Waals surface area (Å²) in [7, 11) is 0. The lowest BCUT2D eigenvalue weighted by Crippen LogP contribution is -2.31. The van der Waals surface area contributed by atoms with Crippen LogP contribution in [0.2, 0.25) is 0 Å². The van der Waals surface area contributed by atoms with E-state index in [0.29, 0.717) is 0 Å². The van der Waals surface area contributed by atoms with Crippen molar-refractivity contribution in [1.29, 1.82) is 0 Å². The minimum absolute atomic E-state index is 0.00585. The molecule has 2 aromatic rings. The topological polar surface area (TPSA) is 65.2 Å². The van der Waals surface area contributed by atoms with Gasteiger partial charge in [0.2, 0.25) is 0 Å². The molecule has 0 amide bonds. The lowest BCUT2D eigenvalue weighted by atomic mass is 9.94. The third-order valence-electron chi connectivity index (χ3n) is 3.43. The van der Waals surface area contributed by atoms with E-state index in [2.05, 4.69) is 10.2 Å². The van der Waals surface area contributed by atoms with Gasteiger partial charge in [-0.05, 0) is 17.2 Å². The molecule has 7 heteroatoms. The van der Waals surface area contributed by atoms with Crippen molar-refractivity contribution in [2.75, 3.05) is 0 Å². The van der Waals surface area contributed by atoms with E-state index in [1.165, 1.54) is 6.08 Å². The standard InChI is InChI=1S/C16H11F3N2O2/c17-16(18,19)15(20-21-15)14-11(8-12(22)9-13(14)23)7-6-10-4-2-1-3-5-10/h1-9,22-23H/b7-6+. The lowest BCUT2D eigenvalue weighted by Gasteiger charge is -2.18. The van der Waals surface area contributed by atoms with Crippen LogP contribution in [0.15, 0.2) is 52.7 Å². The number of nitrogens with zero attached hydrogens (tertiary/aromatic N) is 2. The molecule has 0 aliphatic carbocycles. The Hall–Kier alpha value is -2.83. The van der Waals surface area contributed by atoms with Crippen molar-refractivity contribution < 1.29 is 23.4 Å². The van der Waals surface area contributed by atoms with Crippen LogP contribution in [0.3, 0.4) is 0 Å². The molecule has 0 spiro atoms. The summed E-state index contributed by atoms with van der Waals surface area (Å²) in [5.74, 6) is -1.06. The van der Waals surface area contributed by atoms with Gasteiger partial charge >= 0.3 is 11.8 Å². The van der Waals surface area contributed by atoms with Crippen molar-refractivity contribution in [3.63, 3.8) is 0 Å². The maximum absolute atomic E-state index is 13.2. The monoisotopic (exact) mass is 320 g/mol. The van der Waals surface area contributed by atoms with Crippen molar-refractivity contribution in [3.05, 3.63) is 59.2 Å². The van der Waals surface area contributed by atoms with E-state index in [9.17, 15) is 23.4 Å². The van der Waals surface area contributed by atoms with E-state index < -0.39 is 23.2 Å². The molecule has 1 heterocycles. The molecule has 0 aromatic heterocycles. The molecular formula is C16H11F3N2O2. The number of hydrogen-bond donors (Lipinski definition) is 2. The quantitative estimate of drug-likeness (QED) is 0.821. The summed E-state index contributed by atoms with van der Waals surface area (Å²) in [4.78, 5) is 0. The third kappa shape index (κ3) is 2.65. The molecule has 0 unspecified atom stereocenters. The highest BCUT2D eigenvalue weighted by atomic mass is 19.4. The largest absolute Gasteiger partial charge is 0.508 e. The van der Waals surface area contributed by atoms with Gasteiger partial charge in [-0.1, -0.05) is 42.5 Å².